The number of aliphatic hydroxyl groups excluding tert-OH is 3. The van der Waals surface area contributed by atoms with Crippen LogP contribution in [0.1, 0.15) is 33.6 Å². The third-order valence-corrected chi connectivity index (χ3v) is 3.55. The normalized spacial score (nSPS) is 32.2. The highest BCUT2D eigenvalue weighted by Gasteiger charge is 2.47. The number of carbonyl (C=O) groups is 2. The van der Waals surface area contributed by atoms with E-state index in [4.69, 9.17) is 19.3 Å². The molecule has 0 spiro atoms. The number of hydrogen-bond acceptors (Lipinski definition) is 9. The van der Waals surface area contributed by atoms with Crippen molar-refractivity contribution in [1.29, 1.82) is 0 Å². The lowest BCUT2D eigenvalue weighted by molar-refractivity contribution is -0.310. The second-order valence-electron chi connectivity index (χ2n) is 6.59. The highest BCUT2D eigenvalue weighted by Crippen LogP contribution is 2.26. The van der Waals surface area contributed by atoms with Gasteiger partial charge in [-0.25, -0.2) is 0 Å². The third-order valence-electron chi connectivity index (χ3n) is 3.55. The SMILES string of the molecule is CC(C)OC1OC(CO)C(OC(=O)CC(C)(O)CC(=O)O)C(O)C1O. The van der Waals surface area contributed by atoms with Crippen LogP contribution in [-0.4, -0.2) is 86.5 Å². The summed E-state index contributed by atoms with van der Waals surface area (Å²) >= 11 is 0. The number of ether oxygens (including phenoxy) is 3. The first-order valence-corrected chi connectivity index (χ1v) is 7.88. The van der Waals surface area contributed by atoms with Gasteiger partial charge in [-0.3, -0.25) is 9.59 Å². The van der Waals surface area contributed by atoms with E-state index in [9.17, 15) is 30.0 Å². The number of carboxylic acids is 1. The maximum Gasteiger partial charge on any atom is 0.309 e. The molecule has 1 fully saturated rings. The summed E-state index contributed by atoms with van der Waals surface area (Å²) < 4.78 is 15.6. The number of carboxylic acid groups (broad SMARTS) is 1. The van der Waals surface area contributed by atoms with Crippen molar-refractivity contribution in [3.8, 4) is 0 Å². The molecule has 6 atom stereocenters. The van der Waals surface area contributed by atoms with Crippen LogP contribution in [0.25, 0.3) is 0 Å². The van der Waals surface area contributed by atoms with Gasteiger partial charge in [0.15, 0.2) is 12.4 Å². The van der Waals surface area contributed by atoms with Gasteiger partial charge in [0.1, 0.15) is 18.3 Å². The minimum atomic E-state index is -1.85. The van der Waals surface area contributed by atoms with Gasteiger partial charge in [0.2, 0.25) is 0 Å². The molecule has 0 saturated carbocycles. The van der Waals surface area contributed by atoms with Crippen molar-refractivity contribution in [3.63, 3.8) is 0 Å². The molecule has 1 aliphatic rings. The second kappa shape index (κ2) is 8.88. The Labute approximate surface area is 144 Å². The van der Waals surface area contributed by atoms with Crippen molar-refractivity contribution in [1.82, 2.24) is 0 Å². The molecular weight excluding hydrogens is 340 g/mol. The van der Waals surface area contributed by atoms with Crippen LogP contribution in [0, 0.1) is 0 Å². The summed E-state index contributed by atoms with van der Waals surface area (Å²) in [6.45, 7) is 3.91. The van der Waals surface area contributed by atoms with Crippen LogP contribution in [0.4, 0.5) is 0 Å². The highest BCUT2D eigenvalue weighted by atomic mass is 16.7. The van der Waals surface area contributed by atoms with E-state index in [-0.39, 0.29) is 6.10 Å². The number of rotatable bonds is 8. The van der Waals surface area contributed by atoms with Crippen molar-refractivity contribution in [2.45, 2.75) is 76.0 Å². The Kier molecular flexibility index (Phi) is 7.72. The zero-order valence-corrected chi connectivity index (χ0v) is 14.4. The molecule has 6 unspecified atom stereocenters. The summed E-state index contributed by atoms with van der Waals surface area (Å²) in [6.07, 6.45) is -8.54. The Morgan fingerprint density at radius 2 is 1.80 bits per heavy atom. The largest absolute Gasteiger partial charge is 0.481 e. The fourth-order valence-electron chi connectivity index (χ4n) is 2.47. The average Bonchev–Trinajstić information content (AvgIpc) is 2.44. The topological polar surface area (TPSA) is 163 Å². The van der Waals surface area contributed by atoms with Crippen LogP contribution in [-0.2, 0) is 23.8 Å². The van der Waals surface area contributed by atoms with Gasteiger partial charge in [0.25, 0.3) is 0 Å². The Morgan fingerprint density at radius 3 is 2.28 bits per heavy atom. The summed E-state index contributed by atoms with van der Waals surface area (Å²) in [4.78, 5) is 22.6. The third kappa shape index (κ3) is 6.49. The maximum atomic E-state index is 11.9. The van der Waals surface area contributed by atoms with Crippen molar-refractivity contribution < 1.29 is 49.3 Å². The standard InChI is InChI=1S/C15H26O10/c1-7(2)23-14-12(21)11(20)13(8(6-16)24-14)25-10(19)5-15(3,22)4-9(17)18/h7-8,11-14,16,20-22H,4-6H2,1-3H3,(H,17,18). The first-order chi connectivity index (χ1) is 11.5. The second-order valence-corrected chi connectivity index (χ2v) is 6.59. The molecule has 1 rings (SSSR count). The van der Waals surface area contributed by atoms with Gasteiger partial charge in [-0.05, 0) is 20.8 Å². The molecule has 1 aliphatic heterocycles. The quantitative estimate of drug-likeness (QED) is 0.315. The number of aliphatic hydroxyl groups is 4. The summed E-state index contributed by atoms with van der Waals surface area (Å²) in [6, 6.07) is 0. The summed E-state index contributed by atoms with van der Waals surface area (Å²) in [5, 5.41) is 48.1. The average molecular weight is 366 g/mol. The lowest BCUT2D eigenvalue weighted by Gasteiger charge is -2.42. The van der Waals surface area contributed by atoms with Crippen LogP contribution >= 0.6 is 0 Å². The van der Waals surface area contributed by atoms with Crippen molar-refractivity contribution in [2.75, 3.05) is 6.61 Å². The predicted octanol–water partition coefficient (Wildman–Crippen LogP) is -1.62. The molecule has 0 aromatic heterocycles. The van der Waals surface area contributed by atoms with E-state index in [0.717, 1.165) is 6.92 Å². The maximum absolute atomic E-state index is 11.9. The van der Waals surface area contributed by atoms with E-state index >= 15 is 0 Å². The molecule has 5 N–H and O–H groups in total. The van der Waals surface area contributed by atoms with Gasteiger partial charge in [-0.15, -0.1) is 0 Å². The molecule has 1 heterocycles. The van der Waals surface area contributed by atoms with Crippen molar-refractivity contribution in [2.24, 2.45) is 0 Å². The van der Waals surface area contributed by atoms with E-state index < -0.39 is 67.7 Å². The molecule has 10 nitrogen and oxygen atoms in total. The lowest BCUT2D eigenvalue weighted by atomic mass is 9.97. The molecule has 146 valence electrons. The highest BCUT2D eigenvalue weighted by molar-refractivity contribution is 5.74. The van der Waals surface area contributed by atoms with Crippen LogP contribution < -0.4 is 0 Å². The van der Waals surface area contributed by atoms with Gasteiger partial charge >= 0.3 is 11.9 Å². The Morgan fingerprint density at radius 1 is 1.20 bits per heavy atom. The van der Waals surface area contributed by atoms with E-state index in [1.165, 1.54) is 0 Å². The minimum Gasteiger partial charge on any atom is -0.481 e. The monoisotopic (exact) mass is 366 g/mol. The van der Waals surface area contributed by atoms with Gasteiger partial charge in [-0.1, -0.05) is 0 Å². The van der Waals surface area contributed by atoms with Crippen LogP contribution in [0.3, 0.4) is 0 Å². The molecule has 1 saturated heterocycles. The van der Waals surface area contributed by atoms with Crippen LogP contribution in [0.5, 0.6) is 0 Å². The number of esters is 1. The molecule has 0 aliphatic carbocycles. The fraction of sp³-hybridized carbons (Fsp3) is 0.867. The summed E-state index contributed by atoms with van der Waals surface area (Å²) in [5.41, 5.74) is -1.85. The molecule has 25 heavy (non-hydrogen) atoms. The van der Waals surface area contributed by atoms with Gasteiger partial charge in [0, 0.05) is 0 Å². The molecule has 10 heteroatoms. The predicted molar refractivity (Wildman–Crippen MR) is 81.4 cm³/mol. The van der Waals surface area contributed by atoms with E-state index in [2.05, 4.69) is 0 Å². The van der Waals surface area contributed by atoms with Crippen molar-refractivity contribution in [3.05, 3.63) is 0 Å². The number of hydrogen-bond donors (Lipinski definition) is 5. The van der Waals surface area contributed by atoms with Crippen LogP contribution in [0.15, 0.2) is 0 Å². The molecule has 0 aromatic rings. The Balaban J connectivity index is 2.76. The molecule has 0 aromatic carbocycles. The minimum absolute atomic E-state index is 0.323. The van der Waals surface area contributed by atoms with E-state index in [0.29, 0.717) is 0 Å². The van der Waals surface area contributed by atoms with E-state index in [1.54, 1.807) is 13.8 Å². The van der Waals surface area contributed by atoms with Gasteiger partial charge in [-0.2, -0.15) is 0 Å². The van der Waals surface area contributed by atoms with Gasteiger partial charge < -0.3 is 39.7 Å². The number of aliphatic carboxylic acids is 1. The first-order valence-electron chi connectivity index (χ1n) is 7.88. The molecular formula is C15H26O10. The Bertz CT molecular complexity index is 461. The van der Waals surface area contributed by atoms with Gasteiger partial charge in [0.05, 0.1) is 31.2 Å². The first kappa shape index (κ1) is 21.7. The number of carbonyl (C=O) groups excluding carboxylic acids is 1. The molecule has 0 radical (unpaired) electrons. The smallest absolute Gasteiger partial charge is 0.309 e. The zero-order chi connectivity index (χ0) is 19.4. The summed E-state index contributed by atoms with van der Waals surface area (Å²) in [5.74, 6) is -2.30. The Hall–Kier alpha value is -1.30. The molecule has 0 amide bonds. The summed E-state index contributed by atoms with van der Waals surface area (Å²) in [7, 11) is 0. The van der Waals surface area contributed by atoms with Crippen LogP contribution in [0.2, 0.25) is 0 Å². The molecule has 0 bridgehead atoms. The van der Waals surface area contributed by atoms with E-state index in [1.807, 2.05) is 0 Å². The fourth-order valence-corrected chi connectivity index (χ4v) is 2.47. The zero-order valence-electron chi connectivity index (χ0n) is 14.4. The lowest BCUT2D eigenvalue weighted by Crippen LogP contribution is -2.61. The van der Waals surface area contributed by atoms with Crippen molar-refractivity contribution >= 4 is 11.9 Å².